The van der Waals surface area contributed by atoms with Crippen LogP contribution < -0.4 is 5.32 Å². The van der Waals surface area contributed by atoms with Gasteiger partial charge in [0.2, 0.25) is 11.7 Å². The zero-order chi connectivity index (χ0) is 13.9. The van der Waals surface area contributed by atoms with E-state index in [1.807, 2.05) is 19.2 Å². The highest BCUT2D eigenvalue weighted by atomic mass is 16.5. The molecular formula is C16H21N3O. The van der Waals surface area contributed by atoms with Crippen molar-refractivity contribution in [3.8, 4) is 11.4 Å². The molecule has 0 saturated heterocycles. The van der Waals surface area contributed by atoms with Gasteiger partial charge in [0.05, 0.1) is 5.92 Å². The first-order chi connectivity index (χ1) is 9.78. The molecule has 3 rings (SSSR count). The molecular weight excluding hydrogens is 250 g/mol. The van der Waals surface area contributed by atoms with Gasteiger partial charge < -0.3 is 9.84 Å². The molecule has 20 heavy (non-hydrogen) atoms. The zero-order valence-corrected chi connectivity index (χ0v) is 12.1. The summed E-state index contributed by atoms with van der Waals surface area (Å²) in [4.78, 5) is 4.63. The fraction of sp³-hybridized carbons (Fsp3) is 0.500. The topological polar surface area (TPSA) is 51.0 Å². The molecule has 1 fully saturated rings. The lowest BCUT2D eigenvalue weighted by molar-refractivity contribution is 0.270. The van der Waals surface area contributed by atoms with Crippen LogP contribution in [0.4, 0.5) is 0 Å². The molecule has 0 bridgehead atoms. The Bertz CT molecular complexity index is 579. The van der Waals surface area contributed by atoms with E-state index >= 15 is 0 Å². The molecule has 0 amide bonds. The smallest absolute Gasteiger partial charge is 0.231 e. The van der Waals surface area contributed by atoms with Crippen molar-refractivity contribution in [2.75, 3.05) is 7.05 Å². The number of benzene rings is 1. The van der Waals surface area contributed by atoms with E-state index in [2.05, 4.69) is 34.5 Å². The Morgan fingerprint density at radius 2 is 2.10 bits per heavy atom. The fourth-order valence-corrected chi connectivity index (χ4v) is 3.06. The summed E-state index contributed by atoms with van der Waals surface area (Å²) in [6.45, 7) is 2.07. The van der Waals surface area contributed by atoms with Crippen LogP contribution in [-0.4, -0.2) is 23.2 Å². The summed E-state index contributed by atoms with van der Waals surface area (Å²) in [7, 11) is 2.01. The van der Waals surface area contributed by atoms with Gasteiger partial charge >= 0.3 is 0 Å². The van der Waals surface area contributed by atoms with Crippen molar-refractivity contribution in [3.05, 3.63) is 35.7 Å². The fourth-order valence-electron chi connectivity index (χ4n) is 3.06. The van der Waals surface area contributed by atoms with E-state index in [9.17, 15) is 0 Å². The van der Waals surface area contributed by atoms with E-state index in [0.717, 1.165) is 17.9 Å². The van der Waals surface area contributed by atoms with E-state index in [0.29, 0.717) is 17.8 Å². The number of aromatic nitrogens is 2. The first-order valence-corrected chi connectivity index (χ1v) is 7.36. The summed E-state index contributed by atoms with van der Waals surface area (Å²) in [6.07, 6.45) is 4.83. The molecule has 0 aliphatic heterocycles. The number of hydrogen-bond donors (Lipinski definition) is 1. The number of nitrogens with one attached hydrogen (secondary N) is 1. The Kier molecular flexibility index (Phi) is 3.83. The molecule has 2 aromatic rings. The summed E-state index contributed by atoms with van der Waals surface area (Å²) >= 11 is 0. The third-order valence-corrected chi connectivity index (χ3v) is 4.17. The van der Waals surface area contributed by atoms with Gasteiger partial charge in [-0.15, -0.1) is 0 Å². The molecule has 0 radical (unpaired) electrons. The maximum Gasteiger partial charge on any atom is 0.231 e. The van der Waals surface area contributed by atoms with Gasteiger partial charge in [-0.1, -0.05) is 41.8 Å². The van der Waals surface area contributed by atoms with Crippen molar-refractivity contribution in [1.82, 2.24) is 15.5 Å². The third kappa shape index (κ3) is 2.61. The van der Waals surface area contributed by atoms with Gasteiger partial charge in [-0.25, -0.2) is 0 Å². The maximum atomic E-state index is 5.53. The van der Waals surface area contributed by atoms with Gasteiger partial charge in [0.25, 0.3) is 0 Å². The Morgan fingerprint density at radius 3 is 2.90 bits per heavy atom. The van der Waals surface area contributed by atoms with Crippen LogP contribution in [-0.2, 0) is 0 Å². The van der Waals surface area contributed by atoms with Crippen LogP contribution in [0.2, 0.25) is 0 Å². The van der Waals surface area contributed by atoms with Crippen molar-refractivity contribution in [3.63, 3.8) is 0 Å². The molecule has 0 spiro atoms. The molecule has 1 aromatic heterocycles. The van der Waals surface area contributed by atoms with Gasteiger partial charge in [0.15, 0.2) is 0 Å². The average Bonchev–Trinajstić information content (AvgIpc) is 2.97. The Hall–Kier alpha value is -1.68. The van der Waals surface area contributed by atoms with Gasteiger partial charge in [-0.3, -0.25) is 0 Å². The quantitative estimate of drug-likeness (QED) is 0.930. The molecule has 1 saturated carbocycles. The van der Waals surface area contributed by atoms with E-state index in [1.54, 1.807) is 0 Å². The molecule has 2 unspecified atom stereocenters. The first kappa shape index (κ1) is 13.3. The second-order valence-corrected chi connectivity index (χ2v) is 5.61. The van der Waals surface area contributed by atoms with E-state index in [1.165, 1.54) is 24.8 Å². The number of rotatable bonds is 3. The zero-order valence-electron chi connectivity index (χ0n) is 12.1. The van der Waals surface area contributed by atoms with Crippen molar-refractivity contribution >= 4 is 0 Å². The minimum absolute atomic E-state index is 0.347. The normalized spacial score (nSPS) is 22.9. The molecule has 1 aromatic carbocycles. The summed E-state index contributed by atoms with van der Waals surface area (Å²) in [6, 6.07) is 8.67. The molecule has 2 atom stereocenters. The van der Waals surface area contributed by atoms with E-state index in [-0.39, 0.29) is 0 Å². The highest BCUT2D eigenvalue weighted by molar-refractivity contribution is 5.55. The standard InChI is InChI=1S/C16H21N3O/c1-11-6-5-7-12(10-11)15-18-16(20-19-15)13-8-3-4-9-14(13)17-2/h5-7,10,13-14,17H,3-4,8-9H2,1-2H3. The minimum atomic E-state index is 0.347. The molecule has 1 heterocycles. The highest BCUT2D eigenvalue weighted by Crippen LogP contribution is 2.33. The van der Waals surface area contributed by atoms with Crippen molar-refractivity contribution in [2.24, 2.45) is 0 Å². The van der Waals surface area contributed by atoms with Crippen LogP contribution >= 0.6 is 0 Å². The highest BCUT2D eigenvalue weighted by Gasteiger charge is 2.29. The molecule has 4 nitrogen and oxygen atoms in total. The number of aryl methyl sites for hydroxylation is 1. The van der Waals surface area contributed by atoms with Crippen molar-refractivity contribution < 1.29 is 4.52 Å². The molecule has 106 valence electrons. The van der Waals surface area contributed by atoms with E-state index < -0.39 is 0 Å². The largest absolute Gasteiger partial charge is 0.339 e. The van der Waals surface area contributed by atoms with Gasteiger partial charge in [0, 0.05) is 11.6 Å². The molecule has 1 aliphatic rings. The lowest BCUT2D eigenvalue weighted by Crippen LogP contribution is -2.34. The Labute approximate surface area is 119 Å². The predicted octanol–water partition coefficient (Wildman–Crippen LogP) is 3.29. The lowest BCUT2D eigenvalue weighted by Gasteiger charge is -2.28. The predicted molar refractivity (Wildman–Crippen MR) is 78.5 cm³/mol. The summed E-state index contributed by atoms with van der Waals surface area (Å²) < 4.78 is 5.53. The van der Waals surface area contributed by atoms with Gasteiger partial charge in [-0.2, -0.15) is 4.98 Å². The minimum Gasteiger partial charge on any atom is -0.339 e. The SMILES string of the molecule is CNC1CCCCC1c1nc(-c2cccc(C)c2)no1. The molecule has 1 aliphatic carbocycles. The monoisotopic (exact) mass is 271 g/mol. The summed E-state index contributed by atoms with van der Waals surface area (Å²) in [5, 5.41) is 7.54. The van der Waals surface area contributed by atoms with E-state index in [4.69, 9.17) is 4.52 Å². The second kappa shape index (κ2) is 5.75. The molecule has 1 N–H and O–H groups in total. The van der Waals surface area contributed by atoms with Crippen LogP contribution in [0, 0.1) is 6.92 Å². The average molecular weight is 271 g/mol. The van der Waals surface area contributed by atoms with Crippen LogP contribution in [0.25, 0.3) is 11.4 Å². The van der Waals surface area contributed by atoms with Crippen LogP contribution in [0.1, 0.15) is 43.1 Å². The van der Waals surface area contributed by atoms with Crippen molar-refractivity contribution in [2.45, 2.75) is 44.6 Å². The van der Waals surface area contributed by atoms with Crippen LogP contribution in [0.3, 0.4) is 0 Å². The number of hydrogen-bond acceptors (Lipinski definition) is 4. The summed E-state index contributed by atoms with van der Waals surface area (Å²) in [5.74, 6) is 1.82. The molecule has 4 heteroatoms. The summed E-state index contributed by atoms with van der Waals surface area (Å²) in [5.41, 5.74) is 2.23. The Morgan fingerprint density at radius 1 is 1.25 bits per heavy atom. The number of nitrogens with zero attached hydrogens (tertiary/aromatic N) is 2. The van der Waals surface area contributed by atoms with Gasteiger partial charge in [-0.05, 0) is 32.9 Å². The lowest BCUT2D eigenvalue weighted by atomic mass is 9.84. The van der Waals surface area contributed by atoms with Gasteiger partial charge in [0.1, 0.15) is 0 Å². The maximum absolute atomic E-state index is 5.53. The second-order valence-electron chi connectivity index (χ2n) is 5.61. The first-order valence-electron chi connectivity index (χ1n) is 7.36. The van der Waals surface area contributed by atoms with Crippen LogP contribution in [0.15, 0.2) is 28.8 Å². The Balaban J connectivity index is 1.86. The van der Waals surface area contributed by atoms with Crippen molar-refractivity contribution in [1.29, 1.82) is 0 Å². The van der Waals surface area contributed by atoms with Crippen LogP contribution in [0.5, 0.6) is 0 Å². The third-order valence-electron chi connectivity index (χ3n) is 4.17. The number of likely N-dealkylation sites (N-methyl/N-ethyl adjacent to an activating group) is 1.